The molecule has 25 heavy (non-hydrogen) atoms. The predicted octanol–water partition coefficient (Wildman–Crippen LogP) is 3.51. The van der Waals surface area contributed by atoms with Gasteiger partial charge in [-0.25, -0.2) is 0 Å². The lowest BCUT2D eigenvalue weighted by Gasteiger charge is -2.01. The zero-order chi connectivity index (χ0) is 18.0. The number of carbonyl (C=O) groups excluding carboxylic acids is 1. The minimum atomic E-state index is -0.570. The second-order valence-electron chi connectivity index (χ2n) is 5.55. The smallest absolute Gasteiger partial charge is 0.322 e. The van der Waals surface area contributed by atoms with Gasteiger partial charge >= 0.3 is 6.01 Å². The van der Waals surface area contributed by atoms with Crippen molar-refractivity contribution < 1.29 is 14.1 Å². The summed E-state index contributed by atoms with van der Waals surface area (Å²) in [5.74, 6) is -0.291. The van der Waals surface area contributed by atoms with Gasteiger partial charge in [-0.2, -0.15) is 0 Å². The first-order chi connectivity index (χ1) is 11.9. The van der Waals surface area contributed by atoms with Gasteiger partial charge < -0.3 is 4.42 Å². The van der Waals surface area contributed by atoms with Gasteiger partial charge in [-0.15, -0.1) is 5.10 Å². The SMILES string of the molecule is Cc1cc(C)cc(-c2nnc(NC(=O)c3cccc([N+](=O)[O-])c3)o2)c1. The van der Waals surface area contributed by atoms with Crippen molar-refractivity contribution in [2.24, 2.45) is 0 Å². The van der Waals surface area contributed by atoms with Gasteiger partial charge in [0, 0.05) is 23.3 Å². The van der Waals surface area contributed by atoms with E-state index in [-0.39, 0.29) is 23.2 Å². The van der Waals surface area contributed by atoms with Crippen LogP contribution in [0.1, 0.15) is 21.5 Å². The first-order valence-electron chi connectivity index (χ1n) is 7.40. The van der Waals surface area contributed by atoms with Crippen LogP contribution in [0.25, 0.3) is 11.5 Å². The van der Waals surface area contributed by atoms with E-state index in [1.54, 1.807) is 0 Å². The summed E-state index contributed by atoms with van der Waals surface area (Å²) >= 11 is 0. The van der Waals surface area contributed by atoms with Crippen LogP contribution >= 0.6 is 0 Å². The molecular formula is C17H14N4O4. The van der Waals surface area contributed by atoms with Gasteiger partial charge in [0.05, 0.1) is 4.92 Å². The molecule has 8 nitrogen and oxygen atoms in total. The van der Waals surface area contributed by atoms with Crippen LogP contribution in [0.5, 0.6) is 0 Å². The van der Waals surface area contributed by atoms with Crippen molar-refractivity contribution in [3.63, 3.8) is 0 Å². The maximum Gasteiger partial charge on any atom is 0.322 e. The average molecular weight is 338 g/mol. The van der Waals surface area contributed by atoms with Crippen molar-refractivity contribution in [2.45, 2.75) is 13.8 Å². The van der Waals surface area contributed by atoms with Gasteiger partial charge in [0.15, 0.2) is 0 Å². The van der Waals surface area contributed by atoms with Gasteiger partial charge in [0.2, 0.25) is 5.89 Å². The summed E-state index contributed by atoms with van der Waals surface area (Å²) in [5, 5.41) is 20.9. The number of benzene rings is 2. The number of nitrogens with zero attached hydrogens (tertiary/aromatic N) is 3. The first kappa shape index (κ1) is 16.3. The number of non-ortho nitro benzene ring substituents is 1. The summed E-state index contributed by atoms with van der Waals surface area (Å²) < 4.78 is 5.46. The summed E-state index contributed by atoms with van der Waals surface area (Å²) in [6.45, 7) is 3.91. The number of hydrogen-bond donors (Lipinski definition) is 1. The first-order valence-corrected chi connectivity index (χ1v) is 7.40. The Bertz CT molecular complexity index is 945. The van der Waals surface area contributed by atoms with Crippen LogP contribution in [-0.2, 0) is 0 Å². The van der Waals surface area contributed by atoms with E-state index >= 15 is 0 Å². The number of carbonyl (C=O) groups is 1. The van der Waals surface area contributed by atoms with Crippen molar-refractivity contribution in [2.75, 3.05) is 5.32 Å². The van der Waals surface area contributed by atoms with Gasteiger partial charge in [-0.1, -0.05) is 28.4 Å². The van der Waals surface area contributed by atoms with Crippen LogP contribution < -0.4 is 5.32 Å². The normalized spacial score (nSPS) is 10.5. The molecule has 1 aromatic heterocycles. The molecule has 1 heterocycles. The summed E-state index contributed by atoms with van der Waals surface area (Å²) in [7, 11) is 0. The lowest BCUT2D eigenvalue weighted by Crippen LogP contribution is -2.12. The zero-order valence-electron chi connectivity index (χ0n) is 13.5. The molecule has 126 valence electrons. The third-order valence-electron chi connectivity index (χ3n) is 3.43. The van der Waals surface area contributed by atoms with E-state index in [9.17, 15) is 14.9 Å². The molecule has 1 N–H and O–H groups in total. The van der Waals surface area contributed by atoms with Crippen molar-refractivity contribution >= 4 is 17.6 Å². The minimum absolute atomic E-state index is 0.0781. The van der Waals surface area contributed by atoms with Crippen LogP contribution in [-0.4, -0.2) is 21.0 Å². The molecule has 0 aliphatic heterocycles. The number of aromatic nitrogens is 2. The van der Waals surface area contributed by atoms with E-state index < -0.39 is 10.8 Å². The summed E-state index contributed by atoms with van der Waals surface area (Å²) in [6.07, 6.45) is 0. The molecule has 0 bridgehead atoms. The van der Waals surface area contributed by atoms with E-state index in [4.69, 9.17) is 4.42 Å². The molecule has 0 aliphatic carbocycles. The molecule has 3 aromatic rings. The lowest BCUT2D eigenvalue weighted by atomic mass is 10.1. The van der Waals surface area contributed by atoms with E-state index in [0.29, 0.717) is 0 Å². The zero-order valence-corrected chi connectivity index (χ0v) is 13.5. The number of amides is 1. The Labute approximate surface area is 142 Å². The molecule has 0 saturated heterocycles. The van der Waals surface area contributed by atoms with Crippen LogP contribution in [0.4, 0.5) is 11.7 Å². The summed E-state index contributed by atoms with van der Waals surface area (Å²) in [4.78, 5) is 22.4. The number of anilines is 1. The van der Waals surface area contributed by atoms with Crippen LogP contribution in [0.15, 0.2) is 46.9 Å². The Kier molecular flexibility index (Phi) is 4.25. The van der Waals surface area contributed by atoms with E-state index in [1.807, 2.05) is 32.0 Å². The Morgan fingerprint density at radius 3 is 2.52 bits per heavy atom. The maximum atomic E-state index is 12.2. The summed E-state index contributed by atoms with van der Waals surface area (Å²) in [5.41, 5.74) is 2.81. The molecule has 1 amide bonds. The lowest BCUT2D eigenvalue weighted by molar-refractivity contribution is -0.384. The molecule has 0 fully saturated rings. The Hall–Kier alpha value is -3.55. The van der Waals surface area contributed by atoms with Crippen molar-refractivity contribution in [1.29, 1.82) is 0 Å². The molecule has 3 rings (SSSR count). The largest absolute Gasteiger partial charge is 0.403 e. The summed E-state index contributed by atoms with van der Waals surface area (Å²) in [6, 6.07) is 11.1. The quantitative estimate of drug-likeness (QED) is 0.575. The highest BCUT2D eigenvalue weighted by atomic mass is 16.6. The van der Waals surface area contributed by atoms with Crippen molar-refractivity contribution in [3.8, 4) is 11.5 Å². The number of nitro groups is 1. The Morgan fingerprint density at radius 1 is 1.12 bits per heavy atom. The average Bonchev–Trinajstić information content (AvgIpc) is 3.02. The molecule has 0 unspecified atom stereocenters. The number of nitrogens with one attached hydrogen (secondary N) is 1. The third kappa shape index (κ3) is 3.69. The second kappa shape index (κ2) is 6.52. The Morgan fingerprint density at radius 2 is 1.84 bits per heavy atom. The number of hydrogen-bond acceptors (Lipinski definition) is 6. The molecule has 0 spiro atoms. The number of aryl methyl sites for hydroxylation is 2. The van der Waals surface area contributed by atoms with Crippen LogP contribution in [0, 0.1) is 24.0 Å². The van der Waals surface area contributed by atoms with Crippen molar-refractivity contribution in [1.82, 2.24) is 10.2 Å². The molecular weight excluding hydrogens is 324 g/mol. The van der Waals surface area contributed by atoms with Gasteiger partial charge in [-0.3, -0.25) is 20.2 Å². The topological polar surface area (TPSA) is 111 Å². The van der Waals surface area contributed by atoms with Crippen LogP contribution in [0.2, 0.25) is 0 Å². The highest BCUT2D eigenvalue weighted by Crippen LogP contribution is 2.23. The minimum Gasteiger partial charge on any atom is -0.403 e. The van der Waals surface area contributed by atoms with Crippen LogP contribution in [0.3, 0.4) is 0 Å². The Balaban J connectivity index is 1.80. The highest BCUT2D eigenvalue weighted by Gasteiger charge is 2.15. The molecule has 2 aromatic carbocycles. The molecule has 0 atom stereocenters. The monoisotopic (exact) mass is 338 g/mol. The van der Waals surface area contributed by atoms with Crippen molar-refractivity contribution in [3.05, 3.63) is 69.3 Å². The number of rotatable bonds is 4. The van der Waals surface area contributed by atoms with Gasteiger partial charge in [0.25, 0.3) is 11.6 Å². The fourth-order valence-electron chi connectivity index (χ4n) is 2.42. The van der Waals surface area contributed by atoms with E-state index in [2.05, 4.69) is 15.5 Å². The number of nitro benzene ring substituents is 1. The van der Waals surface area contributed by atoms with E-state index in [0.717, 1.165) is 16.7 Å². The maximum absolute atomic E-state index is 12.2. The second-order valence-corrected chi connectivity index (χ2v) is 5.55. The fourth-order valence-corrected chi connectivity index (χ4v) is 2.42. The molecule has 0 aliphatic rings. The van der Waals surface area contributed by atoms with Gasteiger partial charge in [-0.05, 0) is 32.0 Å². The highest BCUT2D eigenvalue weighted by molar-refractivity contribution is 6.03. The predicted molar refractivity (Wildman–Crippen MR) is 90.3 cm³/mol. The standard InChI is InChI=1S/C17H14N4O4/c1-10-6-11(2)8-13(7-10)16-19-20-17(25-16)18-15(22)12-4-3-5-14(9-12)21(23)24/h3-9H,1-2H3,(H,18,20,22). The third-order valence-corrected chi connectivity index (χ3v) is 3.43. The molecule has 8 heteroatoms. The molecule has 0 radical (unpaired) electrons. The van der Waals surface area contributed by atoms with E-state index in [1.165, 1.54) is 24.3 Å². The fraction of sp³-hybridized carbons (Fsp3) is 0.118. The van der Waals surface area contributed by atoms with Gasteiger partial charge in [0.1, 0.15) is 0 Å². The molecule has 0 saturated carbocycles.